The molecule has 1 N–H and O–H groups in total. The van der Waals surface area contributed by atoms with E-state index in [0.29, 0.717) is 16.3 Å². The van der Waals surface area contributed by atoms with Crippen molar-refractivity contribution in [3.63, 3.8) is 0 Å². The molecule has 9 heteroatoms. The number of nitrogens with one attached hydrogen (secondary N) is 1. The minimum absolute atomic E-state index is 0.0132. The number of carbonyl (C=O) groups excluding carboxylic acids is 2. The lowest BCUT2D eigenvalue weighted by Gasteiger charge is -2.04. The summed E-state index contributed by atoms with van der Waals surface area (Å²) < 4.78 is 6.31. The summed E-state index contributed by atoms with van der Waals surface area (Å²) in [7, 11) is 1.31. The molecule has 3 heterocycles. The van der Waals surface area contributed by atoms with E-state index < -0.39 is 11.9 Å². The summed E-state index contributed by atoms with van der Waals surface area (Å²) in [5, 5.41) is 7.33. The molecule has 0 aromatic carbocycles. The molecule has 3 rings (SSSR count). The molecule has 0 aliphatic heterocycles. The molecule has 0 atom stereocenters. The Morgan fingerprint density at radius 2 is 1.92 bits per heavy atom. The third-order valence-corrected chi connectivity index (χ3v) is 4.95. The first kappa shape index (κ1) is 17.0. The second kappa shape index (κ2) is 6.25. The van der Waals surface area contributed by atoms with Crippen LogP contribution in [0.15, 0.2) is 6.07 Å². The highest BCUT2D eigenvalue weighted by Crippen LogP contribution is 2.33. The maximum atomic E-state index is 12.5. The fraction of sp³-hybridized carbons (Fsp3) is 0.312. The Kier molecular flexibility index (Phi) is 4.25. The van der Waals surface area contributed by atoms with Crippen molar-refractivity contribution in [2.45, 2.75) is 27.7 Å². The third-order valence-electron chi connectivity index (χ3n) is 3.82. The lowest BCUT2D eigenvalue weighted by molar-refractivity contribution is 0.0601. The Morgan fingerprint density at radius 1 is 1.20 bits per heavy atom. The molecule has 0 fully saturated rings. The number of hydrogen-bond acceptors (Lipinski definition) is 7. The molecule has 0 saturated carbocycles. The average molecular weight is 359 g/mol. The van der Waals surface area contributed by atoms with E-state index >= 15 is 0 Å². The van der Waals surface area contributed by atoms with Gasteiger partial charge in [0.2, 0.25) is 5.82 Å². The van der Waals surface area contributed by atoms with Crippen LogP contribution in [0.5, 0.6) is 0 Å². The summed E-state index contributed by atoms with van der Waals surface area (Å²) in [5.74, 6) is -0.655. The van der Waals surface area contributed by atoms with Crippen molar-refractivity contribution in [2.24, 2.45) is 0 Å². The largest absolute Gasteiger partial charge is 0.465 e. The number of anilines is 1. The van der Waals surface area contributed by atoms with Crippen LogP contribution < -0.4 is 5.32 Å². The van der Waals surface area contributed by atoms with Crippen LogP contribution in [0.4, 0.5) is 5.00 Å². The molecule has 0 saturated heterocycles. The van der Waals surface area contributed by atoms with Crippen LogP contribution in [0.2, 0.25) is 0 Å². The van der Waals surface area contributed by atoms with Crippen molar-refractivity contribution in [1.29, 1.82) is 0 Å². The molecule has 130 valence electrons. The fourth-order valence-corrected chi connectivity index (χ4v) is 3.53. The van der Waals surface area contributed by atoms with Gasteiger partial charge >= 0.3 is 5.97 Å². The topological polar surface area (TPSA) is 98.5 Å². The number of hydrogen-bond donors (Lipinski definition) is 1. The highest BCUT2D eigenvalue weighted by Gasteiger charge is 2.23. The number of aryl methyl sites for hydroxylation is 3. The predicted octanol–water partition coefficient (Wildman–Crippen LogP) is 2.46. The molecule has 0 radical (unpaired) electrons. The quantitative estimate of drug-likeness (QED) is 0.721. The summed E-state index contributed by atoms with van der Waals surface area (Å²) in [6.07, 6.45) is 0. The number of thiophene rings is 1. The van der Waals surface area contributed by atoms with Crippen molar-refractivity contribution in [2.75, 3.05) is 12.4 Å². The number of ether oxygens (including phenoxy) is 1. The van der Waals surface area contributed by atoms with Crippen LogP contribution in [0.25, 0.3) is 5.78 Å². The van der Waals surface area contributed by atoms with Gasteiger partial charge in [0, 0.05) is 16.3 Å². The number of carbonyl (C=O) groups is 2. The van der Waals surface area contributed by atoms with E-state index in [4.69, 9.17) is 4.74 Å². The van der Waals surface area contributed by atoms with Crippen LogP contribution in [0, 0.1) is 27.7 Å². The van der Waals surface area contributed by atoms with Crippen LogP contribution >= 0.6 is 11.3 Å². The van der Waals surface area contributed by atoms with Crippen molar-refractivity contribution in [1.82, 2.24) is 19.6 Å². The maximum Gasteiger partial charge on any atom is 0.341 e. The lowest BCUT2D eigenvalue weighted by Crippen LogP contribution is -2.16. The molecule has 3 aromatic heterocycles. The molecule has 1 amide bonds. The Hall–Kier alpha value is -2.81. The Morgan fingerprint density at radius 3 is 2.60 bits per heavy atom. The van der Waals surface area contributed by atoms with Crippen molar-refractivity contribution >= 4 is 34.0 Å². The maximum absolute atomic E-state index is 12.5. The minimum Gasteiger partial charge on any atom is -0.465 e. The summed E-state index contributed by atoms with van der Waals surface area (Å²) in [6, 6.07) is 1.85. The summed E-state index contributed by atoms with van der Waals surface area (Å²) in [4.78, 5) is 33.9. The van der Waals surface area contributed by atoms with Gasteiger partial charge in [-0.25, -0.2) is 14.3 Å². The van der Waals surface area contributed by atoms with Gasteiger partial charge < -0.3 is 10.1 Å². The van der Waals surface area contributed by atoms with E-state index in [9.17, 15) is 9.59 Å². The van der Waals surface area contributed by atoms with Gasteiger partial charge in [-0.15, -0.1) is 16.4 Å². The van der Waals surface area contributed by atoms with Gasteiger partial charge in [0.05, 0.1) is 12.7 Å². The normalized spacial score (nSPS) is 10.9. The monoisotopic (exact) mass is 359 g/mol. The first-order valence-corrected chi connectivity index (χ1v) is 8.34. The number of fused-ring (bicyclic) bond motifs is 1. The number of nitrogens with zero attached hydrogens (tertiary/aromatic N) is 4. The zero-order valence-electron chi connectivity index (χ0n) is 14.5. The molecular weight excluding hydrogens is 342 g/mol. The summed E-state index contributed by atoms with van der Waals surface area (Å²) in [5.41, 5.74) is 2.75. The van der Waals surface area contributed by atoms with Crippen LogP contribution in [-0.4, -0.2) is 38.6 Å². The number of aromatic nitrogens is 4. The van der Waals surface area contributed by atoms with Gasteiger partial charge in [0.25, 0.3) is 11.7 Å². The second-order valence-electron chi connectivity index (χ2n) is 5.62. The van der Waals surface area contributed by atoms with Crippen LogP contribution in [-0.2, 0) is 4.74 Å². The van der Waals surface area contributed by atoms with Crippen LogP contribution in [0.1, 0.15) is 42.8 Å². The van der Waals surface area contributed by atoms with Gasteiger partial charge in [0.1, 0.15) is 5.00 Å². The zero-order valence-corrected chi connectivity index (χ0v) is 15.3. The predicted molar refractivity (Wildman–Crippen MR) is 93.3 cm³/mol. The van der Waals surface area contributed by atoms with Gasteiger partial charge in [0.15, 0.2) is 0 Å². The van der Waals surface area contributed by atoms with E-state index in [1.54, 1.807) is 0 Å². The van der Waals surface area contributed by atoms with Crippen molar-refractivity contribution < 1.29 is 14.3 Å². The zero-order chi connectivity index (χ0) is 18.3. The Labute approximate surface area is 147 Å². The van der Waals surface area contributed by atoms with E-state index in [1.165, 1.54) is 23.0 Å². The number of rotatable bonds is 3. The van der Waals surface area contributed by atoms with E-state index in [2.05, 4.69) is 20.4 Å². The van der Waals surface area contributed by atoms with Gasteiger partial charge in [-0.1, -0.05) is 0 Å². The molecule has 3 aromatic rings. The van der Waals surface area contributed by atoms with E-state index in [0.717, 1.165) is 21.8 Å². The summed E-state index contributed by atoms with van der Waals surface area (Å²) >= 11 is 1.31. The van der Waals surface area contributed by atoms with Gasteiger partial charge in [-0.05, 0) is 39.3 Å². The number of amides is 1. The fourth-order valence-electron chi connectivity index (χ4n) is 2.48. The standard InChI is InChI=1S/C16H17N5O3S/c1-7-6-8(2)21-16(17-7)18-12(20-21)13(22)19-14-11(15(23)24-5)9(3)10(4)25-14/h6H,1-5H3,(H,19,22). The molecule has 0 aliphatic rings. The lowest BCUT2D eigenvalue weighted by atomic mass is 10.1. The third kappa shape index (κ3) is 2.98. The van der Waals surface area contributed by atoms with Crippen molar-refractivity contribution in [3.05, 3.63) is 39.3 Å². The number of methoxy groups -OCH3 is 1. The Bertz CT molecular complexity index is 1010. The number of esters is 1. The molecule has 0 bridgehead atoms. The molecule has 0 unspecified atom stereocenters. The second-order valence-corrected chi connectivity index (χ2v) is 6.84. The molecule has 0 spiro atoms. The Balaban J connectivity index is 1.97. The van der Waals surface area contributed by atoms with Gasteiger partial charge in [-0.2, -0.15) is 4.98 Å². The average Bonchev–Trinajstić information content (AvgIpc) is 3.09. The van der Waals surface area contributed by atoms with E-state index in [1.807, 2.05) is 33.8 Å². The first-order valence-electron chi connectivity index (χ1n) is 7.52. The van der Waals surface area contributed by atoms with Gasteiger partial charge in [-0.3, -0.25) is 4.79 Å². The van der Waals surface area contributed by atoms with Crippen LogP contribution in [0.3, 0.4) is 0 Å². The SMILES string of the molecule is COC(=O)c1c(NC(=O)c2nc3nc(C)cc(C)n3n2)sc(C)c1C. The van der Waals surface area contributed by atoms with Crippen molar-refractivity contribution in [3.8, 4) is 0 Å². The molecule has 8 nitrogen and oxygen atoms in total. The highest BCUT2D eigenvalue weighted by atomic mass is 32.1. The molecular formula is C16H17N5O3S. The highest BCUT2D eigenvalue weighted by molar-refractivity contribution is 7.16. The smallest absolute Gasteiger partial charge is 0.341 e. The minimum atomic E-state index is -0.506. The molecule has 0 aliphatic carbocycles. The van der Waals surface area contributed by atoms with E-state index in [-0.39, 0.29) is 5.82 Å². The summed E-state index contributed by atoms with van der Waals surface area (Å²) in [6.45, 7) is 7.40. The first-order chi connectivity index (χ1) is 11.8. The molecule has 25 heavy (non-hydrogen) atoms.